The Morgan fingerprint density at radius 2 is 1.34 bits per heavy atom. The molecule has 0 N–H and O–H groups in total. The maximum Gasteiger partial charge on any atom is 0.343 e. The van der Waals surface area contributed by atoms with E-state index in [2.05, 4.69) is 13.8 Å². The maximum absolute atomic E-state index is 12.6. The molecule has 0 aliphatic carbocycles. The van der Waals surface area contributed by atoms with Crippen molar-refractivity contribution < 1.29 is 28.5 Å². The van der Waals surface area contributed by atoms with Crippen LogP contribution < -0.4 is 14.2 Å². The smallest absolute Gasteiger partial charge is 0.343 e. The Bertz CT molecular complexity index is 1180. The van der Waals surface area contributed by atoms with E-state index < -0.39 is 11.9 Å². The second-order valence-corrected chi connectivity index (χ2v) is 9.58. The molecule has 0 saturated heterocycles. The fourth-order valence-electron chi connectivity index (χ4n) is 3.53. The third-order valence-electron chi connectivity index (χ3n) is 5.67. The first-order valence-corrected chi connectivity index (χ1v) is 13.5. The van der Waals surface area contributed by atoms with Crippen LogP contribution in [0.4, 0.5) is 0 Å². The summed E-state index contributed by atoms with van der Waals surface area (Å²) in [6.07, 6.45) is 5.47. The lowest BCUT2D eigenvalue weighted by Gasteiger charge is -2.13. The van der Waals surface area contributed by atoms with E-state index in [9.17, 15) is 9.59 Å². The Morgan fingerprint density at radius 1 is 0.763 bits per heavy atom. The van der Waals surface area contributed by atoms with E-state index in [4.69, 9.17) is 42.1 Å². The molecule has 0 fully saturated rings. The molecule has 0 heterocycles. The summed E-state index contributed by atoms with van der Waals surface area (Å²) in [6, 6.07) is 17.8. The van der Waals surface area contributed by atoms with E-state index in [-0.39, 0.29) is 27.6 Å². The second-order valence-electron chi connectivity index (χ2n) is 8.76. The van der Waals surface area contributed by atoms with Crippen LogP contribution in [0.5, 0.6) is 17.2 Å². The van der Waals surface area contributed by atoms with Gasteiger partial charge in [-0.1, -0.05) is 61.2 Å². The molecule has 38 heavy (non-hydrogen) atoms. The third kappa shape index (κ3) is 9.35. The fourth-order valence-corrected chi connectivity index (χ4v) is 3.91. The molecule has 0 spiro atoms. The number of carbonyl (C=O) groups is 2. The van der Waals surface area contributed by atoms with E-state index in [1.165, 1.54) is 25.0 Å². The lowest BCUT2D eigenvalue weighted by Crippen LogP contribution is -2.11. The standard InChI is InChI=1S/C30H32Cl2O6/c1-3-4-8-17-35-21(2)10-9-18-36-24-15-13-23(14-16-24)30(34)38-28-20-25(31)27(19-26(28)32)37-29(33)22-11-6-5-7-12-22/h5-7,11-16,19-21H,3-4,8-10,17-18H2,1-2H3. The fraction of sp³-hybridized carbons (Fsp3) is 0.333. The zero-order valence-electron chi connectivity index (χ0n) is 21.6. The van der Waals surface area contributed by atoms with Crippen molar-refractivity contribution in [2.24, 2.45) is 0 Å². The molecule has 0 bridgehead atoms. The van der Waals surface area contributed by atoms with Crippen LogP contribution >= 0.6 is 23.2 Å². The molecule has 0 radical (unpaired) electrons. The molecule has 0 amide bonds. The Hall–Kier alpha value is -3.06. The van der Waals surface area contributed by atoms with E-state index >= 15 is 0 Å². The van der Waals surface area contributed by atoms with Gasteiger partial charge in [0.1, 0.15) is 5.75 Å². The SMILES string of the molecule is CCCCCOC(C)CCCOc1ccc(C(=O)Oc2cc(Cl)c(OC(=O)c3ccccc3)cc2Cl)cc1. The van der Waals surface area contributed by atoms with Gasteiger partial charge in [0.15, 0.2) is 11.5 Å². The van der Waals surface area contributed by atoms with Crippen molar-refractivity contribution >= 4 is 35.1 Å². The van der Waals surface area contributed by atoms with Crippen LogP contribution in [0.1, 0.15) is 66.7 Å². The molecule has 3 rings (SSSR count). The molecule has 8 heteroatoms. The molecular formula is C30H32Cl2O6. The Kier molecular flexibility index (Phi) is 11.9. The number of hydrogen-bond acceptors (Lipinski definition) is 6. The van der Waals surface area contributed by atoms with Gasteiger partial charge in [-0.3, -0.25) is 0 Å². The average molecular weight is 559 g/mol. The van der Waals surface area contributed by atoms with Crippen molar-refractivity contribution in [3.05, 3.63) is 87.9 Å². The highest BCUT2D eigenvalue weighted by Gasteiger charge is 2.17. The number of hydrogen-bond donors (Lipinski definition) is 0. The summed E-state index contributed by atoms with van der Waals surface area (Å²) in [6.45, 7) is 5.62. The van der Waals surface area contributed by atoms with Gasteiger partial charge in [0.05, 0.1) is 33.9 Å². The topological polar surface area (TPSA) is 71.1 Å². The van der Waals surface area contributed by atoms with Crippen LogP contribution in [0.15, 0.2) is 66.7 Å². The summed E-state index contributed by atoms with van der Waals surface area (Å²) >= 11 is 12.5. The molecule has 3 aromatic carbocycles. The molecule has 6 nitrogen and oxygen atoms in total. The summed E-state index contributed by atoms with van der Waals surface area (Å²) in [4.78, 5) is 24.9. The molecule has 1 atom stereocenters. The highest BCUT2D eigenvalue weighted by atomic mass is 35.5. The van der Waals surface area contributed by atoms with Crippen LogP contribution in [0.3, 0.4) is 0 Å². The summed E-state index contributed by atoms with van der Waals surface area (Å²) < 4.78 is 22.3. The van der Waals surface area contributed by atoms with Gasteiger partial charge in [-0.25, -0.2) is 9.59 Å². The first-order chi connectivity index (χ1) is 18.4. The molecule has 202 valence electrons. The van der Waals surface area contributed by atoms with Gasteiger partial charge in [-0.2, -0.15) is 0 Å². The van der Waals surface area contributed by atoms with Crippen molar-refractivity contribution in [1.29, 1.82) is 0 Å². The van der Waals surface area contributed by atoms with Gasteiger partial charge in [0.2, 0.25) is 0 Å². The minimum absolute atomic E-state index is 0.0486. The maximum atomic E-state index is 12.6. The number of carbonyl (C=O) groups excluding carboxylic acids is 2. The van der Waals surface area contributed by atoms with Crippen LogP contribution in [-0.4, -0.2) is 31.3 Å². The monoisotopic (exact) mass is 558 g/mol. The Labute approximate surface area is 233 Å². The molecular weight excluding hydrogens is 527 g/mol. The molecule has 0 aliphatic heterocycles. The summed E-state index contributed by atoms with van der Waals surface area (Å²) in [5, 5.41) is 0.146. The number of unbranched alkanes of at least 4 members (excludes halogenated alkanes) is 2. The van der Waals surface area contributed by atoms with Crippen LogP contribution in [0.25, 0.3) is 0 Å². The first kappa shape index (κ1) is 29.5. The van der Waals surface area contributed by atoms with Crippen molar-refractivity contribution in [2.45, 2.75) is 52.1 Å². The zero-order valence-corrected chi connectivity index (χ0v) is 23.1. The second kappa shape index (κ2) is 15.4. The third-order valence-corrected chi connectivity index (χ3v) is 6.26. The predicted molar refractivity (Wildman–Crippen MR) is 149 cm³/mol. The van der Waals surface area contributed by atoms with Crippen LogP contribution in [0, 0.1) is 0 Å². The van der Waals surface area contributed by atoms with E-state index in [1.807, 2.05) is 0 Å². The van der Waals surface area contributed by atoms with Crippen molar-refractivity contribution in [1.82, 2.24) is 0 Å². The Morgan fingerprint density at radius 3 is 1.92 bits per heavy atom. The first-order valence-electron chi connectivity index (χ1n) is 12.7. The Balaban J connectivity index is 1.48. The summed E-state index contributed by atoms with van der Waals surface area (Å²) in [5.74, 6) is -0.431. The minimum atomic E-state index is -0.613. The number of halogens is 2. The van der Waals surface area contributed by atoms with E-state index in [1.54, 1.807) is 54.6 Å². The largest absolute Gasteiger partial charge is 0.494 e. The van der Waals surface area contributed by atoms with Crippen molar-refractivity contribution in [3.63, 3.8) is 0 Å². The zero-order chi connectivity index (χ0) is 27.3. The molecule has 0 saturated carbocycles. The summed E-state index contributed by atoms with van der Waals surface area (Å²) in [5.41, 5.74) is 0.683. The number of benzene rings is 3. The highest BCUT2D eigenvalue weighted by Crippen LogP contribution is 2.36. The molecule has 3 aromatic rings. The lowest BCUT2D eigenvalue weighted by atomic mass is 10.2. The van der Waals surface area contributed by atoms with Gasteiger partial charge in [-0.05, 0) is 62.6 Å². The van der Waals surface area contributed by atoms with E-state index in [0.717, 1.165) is 25.9 Å². The van der Waals surface area contributed by atoms with Gasteiger partial charge in [-0.15, -0.1) is 0 Å². The van der Waals surface area contributed by atoms with Gasteiger partial charge >= 0.3 is 11.9 Å². The van der Waals surface area contributed by atoms with Crippen LogP contribution in [0.2, 0.25) is 10.0 Å². The van der Waals surface area contributed by atoms with Gasteiger partial charge in [0.25, 0.3) is 0 Å². The van der Waals surface area contributed by atoms with Gasteiger partial charge < -0.3 is 18.9 Å². The summed E-state index contributed by atoms with van der Waals surface area (Å²) in [7, 11) is 0. The number of rotatable bonds is 14. The molecule has 1 unspecified atom stereocenters. The lowest BCUT2D eigenvalue weighted by molar-refractivity contribution is 0.0537. The van der Waals surface area contributed by atoms with Crippen LogP contribution in [-0.2, 0) is 4.74 Å². The van der Waals surface area contributed by atoms with Crippen molar-refractivity contribution in [2.75, 3.05) is 13.2 Å². The number of esters is 2. The van der Waals surface area contributed by atoms with Crippen molar-refractivity contribution in [3.8, 4) is 17.2 Å². The molecule has 0 aromatic heterocycles. The predicted octanol–water partition coefficient (Wildman–Crippen LogP) is 8.19. The highest BCUT2D eigenvalue weighted by molar-refractivity contribution is 6.35. The average Bonchev–Trinajstić information content (AvgIpc) is 2.92. The normalized spacial score (nSPS) is 11.6. The van der Waals surface area contributed by atoms with Gasteiger partial charge in [0, 0.05) is 18.7 Å². The quantitative estimate of drug-likeness (QED) is 0.113. The van der Waals surface area contributed by atoms with E-state index in [0.29, 0.717) is 23.5 Å². The molecule has 0 aliphatic rings. The number of ether oxygens (including phenoxy) is 4. The minimum Gasteiger partial charge on any atom is -0.494 e.